The molecule has 8 rings (SSSR count). The van der Waals surface area contributed by atoms with Crippen molar-refractivity contribution in [3.63, 3.8) is 0 Å². The van der Waals surface area contributed by atoms with E-state index in [4.69, 9.17) is 15.0 Å². The Morgan fingerprint density at radius 2 is 0.827 bits per heavy atom. The molecule has 0 atom stereocenters. The average Bonchev–Trinajstić information content (AvgIpc) is 3.22. The number of para-hydroxylation sites is 1. The van der Waals surface area contributed by atoms with Crippen LogP contribution in [0.4, 0.5) is 0 Å². The first-order valence-corrected chi connectivity index (χ1v) is 16.1. The molecule has 0 bridgehead atoms. The van der Waals surface area contributed by atoms with Crippen molar-refractivity contribution in [2.75, 3.05) is 0 Å². The predicted molar refractivity (Wildman–Crippen MR) is 198 cm³/mol. The zero-order chi connectivity index (χ0) is 35.8. The Labute approximate surface area is 297 Å². The molecule has 0 radical (unpaired) electrons. The summed E-state index contributed by atoms with van der Waals surface area (Å²) in [5.41, 5.74) is 9.37. The molecular weight excluding hydrogens is 641 g/mol. The Morgan fingerprint density at radius 1 is 0.365 bits per heavy atom. The van der Waals surface area contributed by atoms with E-state index in [1.165, 1.54) is 0 Å². The summed E-state index contributed by atoms with van der Waals surface area (Å²) in [5.74, 6) is 0. The van der Waals surface area contributed by atoms with Crippen molar-refractivity contribution in [3.8, 4) is 75.2 Å². The van der Waals surface area contributed by atoms with Gasteiger partial charge in [-0.3, -0.25) is 0 Å². The summed E-state index contributed by atoms with van der Waals surface area (Å²) in [5, 5.41) is 50.8. The molecule has 8 nitrogen and oxygen atoms in total. The lowest BCUT2D eigenvalue weighted by Crippen LogP contribution is -2.00. The number of nitrogens with zero attached hydrogens (tertiary/aromatic N) is 8. The number of aromatic nitrogens is 3. The zero-order valence-corrected chi connectivity index (χ0v) is 27.1. The van der Waals surface area contributed by atoms with Gasteiger partial charge in [0, 0.05) is 32.8 Å². The van der Waals surface area contributed by atoms with Gasteiger partial charge in [-0.25, -0.2) is 15.0 Å². The van der Waals surface area contributed by atoms with E-state index in [-0.39, 0.29) is 0 Å². The zero-order valence-electron chi connectivity index (χ0n) is 27.1. The second-order valence-corrected chi connectivity index (χ2v) is 12.0. The standard InChI is InChI=1S/C44H20N8/c45-21-26-5-11-31(12-6-26)41-40-39(35-3-1-2-4-37(35)50-41)36(34-18-29(24-48)17-30(19-34)25-49)20-38-44(40)52-43(33-15-9-28(23-47)10-16-33)42(51-38)32-13-7-27(22-46)8-14-32/h1-20H. The van der Waals surface area contributed by atoms with Gasteiger partial charge >= 0.3 is 0 Å². The third-order valence-corrected chi connectivity index (χ3v) is 8.97. The van der Waals surface area contributed by atoms with Gasteiger partial charge in [0.2, 0.25) is 0 Å². The first-order chi connectivity index (χ1) is 25.5. The van der Waals surface area contributed by atoms with Crippen LogP contribution in [0.25, 0.3) is 77.6 Å². The normalized spacial score (nSPS) is 10.6. The Balaban J connectivity index is 1.59. The number of pyridine rings is 1. The lowest BCUT2D eigenvalue weighted by molar-refractivity contribution is 1.29. The Kier molecular flexibility index (Phi) is 7.57. The molecule has 2 aromatic heterocycles. The summed E-state index contributed by atoms with van der Waals surface area (Å²) in [6, 6.07) is 47.2. The highest BCUT2D eigenvalue weighted by Crippen LogP contribution is 2.44. The van der Waals surface area contributed by atoms with Crippen LogP contribution in [0.2, 0.25) is 0 Å². The van der Waals surface area contributed by atoms with E-state index in [2.05, 4.69) is 30.3 Å². The monoisotopic (exact) mass is 660 g/mol. The number of hydrogen-bond acceptors (Lipinski definition) is 8. The van der Waals surface area contributed by atoms with Crippen LogP contribution in [0.5, 0.6) is 0 Å². The molecule has 2 heterocycles. The van der Waals surface area contributed by atoms with E-state index >= 15 is 0 Å². The van der Waals surface area contributed by atoms with Crippen LogP contribution in [0.15, 0.2) is 121 Å². The van der Waals surface area contributed by atoms with Crippen LogP contribution >= 0.6 is 0 Å². The molecule has 6 aromatic carbocycles. The SMILES string of the molecule is N#Cc1ccc(-c2nc3cc(-c4cc(C#N)cc(C#N)c4)c4c5ccccc5nc(-c5ccc(C#N)cc5)c4c3nc2-c2ccc(C#N)cc2)cc1. The van der Waals surface area contributed by atoms with Gasteiger partial charge in [-0.2, -0.15) is 26.3 Å². The lowest BCUT2D eigenvalue weighted by Gasteiger charge is -2.18. The molecule has 0 unspecified atom stereocenters. The summed E-state index contributed by atoms with van der Waals surface area (Å²) in [6.07, 6.45) is 0. The van der Waals surface area contributed by atoms with Gasteiger partial charge in [-0.15, -0.1) is 0 Å². The Hall–Kier alpha value is -8.22. The minimum atomic E-state index is 0.341. The fourth-order valence-corrected chi connectivity index (χ4v) is 6.52. The highest BCUT2D eigenvalue weighted by atomic mass is 14.8. The number of benzene rings is 6. The van der Waals surface area contributed by atoms with Gasteiger partial charge < -0.3 is 0 Å². The van der Waals surface area contributed by atoms with E-state index in [0.717, 1.165) is 38.5 Å². The summed E-state index contributed by atoms with van der Waals surface area (Å²) < 4.78 is 0. The fourth-order valence-electron chi connectivity index (χ4n) is 6.52. The van der Waals surface area contributed by atoms with Gasteiger partial charge in [0.15, 0.2) is 0 Å². The van der Waals surface area contributed by atoms with Crippen LogP contribution in [0, 0.1) is 56.7 Å². The molecule has 0 aliphatic carbocycles. The highest BCUT2D eigenvalue weighted by Gasteiger charge is 2.23. The summed E-state index contributed by atoms with van der Waals surface area (Å²) in [6.45, 7) is 0. The molecule has 0 saturated carbocycles. The van der Waals surface area contributed by atoms with Gasteiger partial charge in [-0.05, 0) is 77.9 Å². The molecule has 0 fully saturated rings. The summed E-state index contributed by atoms with van der Waals surface area (Å²) in [4.78, 5) is 15.8. The molecular formula is C44H20N8. The number of nitriles is 5. The molecule has 0 N–H and O–H groups in total. The Morgan fingerprint density at radius 3 is 1.35 bits per heavy atom. The molecule has 8 aromatic rings. The molecule has 0 aliphatic heterocycles. The van der Waals surface area contributed by atoms with Crippen molar-refractivity contribution >= 4 is 32.7 Å². The quantitative estimate of drug-likeness (QED) is 0.169. The third-order valence-electron chi connectivity index (χ3n) is 8.97. The van der Waals surface area contributed by atoms with E-state index < -0.39 is 0 Å². The van der Waals surface area contributed by atoms with Gasteiger partial charge in [0.1, 0.15) is 0 Å². The van der Waals surface area contributed by atoms with Crippen molar-refractivity contribution in [2.24, 2.45) is 0 Å². The maximum atomic E-state index is 9.94. The van der Waals surface area contributed by atoms with Gasteiger partial charge in [0.05, 0.1) is 91.8 Å². The van der Waals surface area contributed by atoms with Crippen molar-refractivity contribution in [3.05, 3.63) is 149 Å². The molecule has 0 amide bonds. The van der Waals surface area contributed by atoms with Crippen molar-refractivity contribution in [1.29, 1.82) is 26.3 Å². The van der Waals surface area contributed by atoms with Gasteiger partial charge in [-0.1, -0.05) is 54.6 Å². The predicted octanol–water partition coefficient (Wildman–Crippen LogP) is 9.36. The number of rotatable bonds is 4. The number of fused-ring (bicyclic) bond motifs is 5. The van der Waals surface area contributed by atoms with Crippen LogP contribution in [-0.2, 0) is 0 Å². The van der Waals surface area contributed by atoms with Crippen molar-refractivity contribution in [2.45, 2.75) is 0 Å². The minimum Gasteiger partial charge on any atom is -0.247 e. The maximum absolute atomic E-state index is 9.94. The van der Waals surface area contributed by atoms with E-state index in [1.54, 1.807) is 54.6 Å². The second-order valence-electron chi connectivity index (χ2n) is 12.0. The number of hydrogen-bond donors (Lipinski definition) is 0. The molecule has 236 valence electrons. The second kappa shape index (κ2) is 12.7. The van der Waals surface area contributed by atoms with Crippen LogP contribution in [0.3, 0.4) is 0 Å². The molecule has 8 heteroatoms. The topological polar surface area (TPSA) is 158 Å². The molecule has 0 aliphatic rings. The fraction of sp³-hybridized carbons (Fsp3) is 0. The Bertz CT molecular complexity index is 2950. The summed E-state index contributed by atoms with van der Waals surface area (Å²) >= 11 is 0. The van der Waals surface area contributed by atoms with E-state index in [9.17, 15) is 26.3 Å². The van der Waals surface area contributed by atoms with Gasteiger partial charge in [0.25, 0.3) is 0 Å². The molecule has 52 heavy (non-hydrogen) atoms. The van der Waals surface area contributed by atoms with Crippen LogP contribution in [-0.4, -0.2) is 15.0 Å². The van der Waals surface area contributed by atoms with E-state index in [1.807, 2.05) is 66.7 Å². The maximum Gasteiger partial charge on any atom is 0.0995 e. The first kappa shape index (κ1) is 31.1. The molecule has 0 saturated heterocycles. The smallest absolute Gasteiger partial charge is 0.0995 e. The third kappa shape index (κ3) is 5.27. The summed E-state index contributed by atoms with van der Waals surface area (Å²) in [7, 11) is 0. The van der Waals surface area contributed by atoms with E-state index in [0.29, 0.717) is 66.9 Å². The van der Waals surface area contributed by atoms with Crippen molar-refractivity contribution in [1.82, 2.24) is 15.0 Å². The van der Waals surface area contributed by atoms with Crippen molar-refractivity contribution < 1.29 is 0 Å². The molecule has 0 spiro atoms. The van der Waals surface area contributed by atoms with Crippen LogP contribution in [0.1, 0.15) is 27.8 Å². The average molecular weight is 661 g/mol. The van der Waals surface area contributed by atoms with Crippen LogP contribution < -0.4 is 0 Å². The lowest BCUT2D eigenvalue weighted by atomic mass is 9.90. The first-order valence-electron chi connectivity index (χ1n) is 16.1. The highest BCUT2D eigenvalue weighted by molar-refractivity contribution is 6.25. The largest absolute Gasteiger partial charge is 0.247 e. The minimum absolute atomic E-state index is 0.341.